The standard InChI is InChI=1S/C14H12ClFN4O/c1-2-6-17-14-18-7-5-12(20-14)13(21)19-9-3-4-11(16)10(15)8-9/h2-5,7-8H,1,6H2,(H,19,21)(H,17,18,20). The minimum absolute atomic E-state index is 0.0659. The van der Waals surface area contributed by atoms with Crippen molar-refractivity contribution in [3.05, 3.63) is 59.7 Å². The molecule has 7 heteroatoms. The molecule has 1 aromatic carbocycles. The van der Waals surface area contributed by atoms with Crippen LogP contribution < -0.4 is 10.6 Å². The topological polar surface area (TPSA) is 66.9 Å². The quantitative estimate of drug-likeness (QED) is 0.833. The van der Waals surface area contributed by atoms with E-state index in [2.05, 4.69) is 27.2 Å². The molecule has 0 saturated heterocycles. The second-order valence-corrected chi connectivity index (χ2v) is 4.43. The van der Waals surface area contributed by atoms with Crippen LogP contribution in [-0.2, 0) is 0 Å². The molecule has 0 radical (unpaired) electrons. The number of carbonyl (C=O) groups is 1. The lowest BCUT2D eigenvalue weighted by Crippen LogP contribution is -2.15. The summed E-state index contributed by atoms with van der Waals surface area (Å²) < 4.78 is 13.0. The lowest BCUT2D eigenvalue weighted by Gasteiger charge is -2.07. The van der Waals surface area contributed by atoms with Gasteiger partial charge in [0.1, 0.15) is 11.5 Å². The molecule has 0 aliphatic carbocycles. The molecular weight excluding hydrogens is 295 g/mol. The van der Waals surface area contributed by atoms with Crippen molar-refractivity contribution in [2.75, 3.05) is 17.2 Å². The monoisotopic (exact) mass is 306 g/mol. The van der Waals surface area contributed by atoms with Crippen molar-refractivity contribution < 1.29 is 9.18 Å². The smallest absolute Gasteiger partial charge is 0.274 e. The molecule has 1 amide bonds. The van der Waals surface area contributed by atoms with Crippen LogP contribution >= 0.6 is 11.6 Å². The van der Waals surface area contributed by atoms with Gasteiger partial charge in [-0.2, -0.15) is 0 Å². The zero-order valence-electron chi connectivity index (χ0n) is 10.9. The van der Waals surface area contributed by atoms with Crippen molar-refractivity contribution in [3.63, 3.8) is 0 Å². The third kappa shape index (κ3) is 4.00. The fraction of sp³-hybridized carbons (Fsp3) is 0.0714. The second-order valence-electron chi connectivity index (χ2n) is 4.02. The maximum Gasteiger partial charge on any atom is 0.274 e. The van der Waals surface area contributed by atoms with Gasteiger partial charge in [0.15, 0.2) is 0 Å². The molecule has 2 rings (SSSR count). The first-order valence-electron chi connectivity index (χ1n) is 6.04. The minimum Gasteiger partial charge on any atom is -0.351 e. The van der Waals surface area contributed by atoms with Gasteiger partial charge in [0.05, 0.1) is 5.02 Å². The van der Waals surface area contributed by atoms with Gasteiger partial charge in [-0.15, -0.1) is 6.58 Å². The molecule has 0 aliphatic heterocycles. The minimum atomic E-state index is -0.549. The molecule has 21 heavy (non-hydrogen) atoms. The Morgan fingerprint density at radius 2 is 2.24 bits per heavy atom. The number of nitrogens with one attached hydrogen (secondary N) is 2. The van der Waals surface area contributed by atoms with E-state index in [9.17, 15) is 9.18 Å². The molecule has 5 nitrogen and oxygen atoms in total. The van der Waals surface area contributed by atoms with Crippen molar-refractivity contribution in [2.45, 2.75) is 0 Å². The molecule has 0 bridgehead atoms. The summed E-state index contributed by atoms with van der Waals surface area (Å²) in [5.41, 5.74) is 0.558. The van der Waals surface area contributed by atoms with Gasteiger partial charge in [0, 0.05) is 18.4 Å². The van der Waals surface area contributed by atoms with Crippen molar-refractivity contribution in [1.82, 2.24) is 9.97 Å². The first-order chi connectivity index (χ1) is 10.1. The number of nitrogens with zero attached hydrogens (tertiary/aromatic N) is 2. The molecule has 0 atom stereocenters. The molecule has 0 saturated carbocycles. The average molecular weight is 307 g/mol. The number of carbonyl (C=O) groups excluding carboxylic acids is 1. The SMILES string of the molecule is C=CCNc1nccc(C(=O)Nc2ccc(F)c(Cl)c2)n1. The van der Waals surface area contributed by atoms with Gasteiger partial charge in [-0.1, -0.05) is 17.7 Å². The summed E-state index contributed by atoms with van der Waals surface area (Å²) in [6, 6.07) is 5.39. The molecule has 1 heterocycles. The molecule has 0 fully saturated rings. The van der Waals surface area contributed by atoms with Crippen LogP contribution in [-0.4, -0.2) is 22.4 Å². The molecule has 1 aromatic heterocycles. The zero-order chi connectivity index (χ0) is 15.2. The molecule has 2 N–H and O–H groups in total. The summed E-state index contributed by atoms with van der Waals surface area (Å²) in [4.78, 5) is 20.1. The number of halogens is 2. The van der Waals surface area contributed by atoms with E-state index in [0.29, 0.717) is 18.2 Å². The summed E-state index contributed by atoms with van der Waals surface area (Å²) >= 11 is 5.65. The fourth-order valence-corrected chi connectivity index (χ4v) is 1.68. The Hall–Kier alpha value is -2.47. The maximum atomic E-state index is 13.0. The Balaban J connectivity index is 2.12. The number of hydrogen-bond donors (Lipinski definition) is 2. The largest absolute Gasteiger partial charge is 0.351 e. The van der Waals surface area contributed by atoms with Gasteiger partial charge < -0.3 is 10.6 Å². The van der Waals surface area contributed by atoms with Gasteiger partial charge in [-0.05, 0) is 24.3 Å². The van der Waals surface area contributed by atoms with Gasteiger partial charge in [-0.25, -0.2) is 14.4 Å². The highest BCUT2D eigenvalue weighted by Crippen LogP contribution is 2.19. The van der Waals surface area contributed by atoms with Gasteiger partial charge in [0.2, 0.25) is 5.95 Å². The van der Waals surface area contributed by atoms with Crippen molar-refractivity contribution in [1.29, 1.82) is 0 Å². The van der Waals surface area contributed by atoms with Crippen molar-refractivity contribution in [3.8, 4) is 0 Å². The average Bonchev–Trinajstić information content (AvgIpc) is 2.49. The molecule has 0 unspecified atom stereocenters. The number of hydrogen-bond acceptors (Lipinski definition) is 4. The summed E-state index contributed by atoms with van der Waals surface area (Å²) in [5.74, 6) is -0.672. The van der Waals surface area contributed by atoms with E-state index in [0.717, 1.165) is 0 Å². The molecule has 0 aliphatic rings. The fourth-order valence-electron chi connectivity index (χ4n) is 1.50. The predicted molar refractivity (Wildman–Crippen MR) is 80.1 cm³/mol. The Labute approximate surface area is 125 Å². The predicted octanol–water partition coefficient (Wildman–Crippen LogP) is 3.12. The Morgan fingerprint density at radius 1 is 1.43 bits per heavy atom. The zero-order valence-corrected chi connectivity index (χ0v) is 11.7. The van der Waals surface area contributed by atoms with Crippen LogP contribution in [0, 0.1) is 5.82 Å². The Morgan fingerprint density at radius 3 is 2.95 bits per heavy atom. The third-order valence-corrected chi connectivity index (χ3v) is 2.76. The lowest BCUT2D eigenvalue weighted by molar-refractivity contribution is 0.102. The van der Waals surface area contributed by atoms with Crippen LogP contribution in [0.15, 0.2) is 43.1 Å². The Kier molecular flexibility index (Phi) is 4.84. The third-order valence-electron chi connectivity index (χ3n) is 2.47. The number of benzene rings is 1. The lowest BCUT2D eigenvalue weighted by atomic mass is 10.3. The highest BCUT2D eigenvalue weighted by atomic mass is 35.5. The number of rotatable bonds is 5. The Bertz CT molecular complexity index is 678. The van der Waals surface area contributed by atoms with Crippen LogP contribution in [0.2, 0.25) is 5.02 Å². The van der Waals surface area contributed by atoms with E-state index in [1.54, 1.807) is 6.08 Å². The van der Waals surface area contributed by atoms with E-state index >= 15 is 0 Å². The summed E-state index contributed by atoms with van der Waals surface area (Å²) in [6.07, 6.45) is 3.11. The number of aromatic nitrogens is 2. The van der Waals surface area contributed by atoms with E-state index in [4.69, 9.17) is 11.6 Å². The van der Waals surface area contributed by atoms with Crippen LogP contribution in [0.25, 0.3) is 0 Å². The summed E-state index contributed by atoms with van der Waals surface area (Å²) in [6.45, 7) is 4.05. The second kappa shape index (κ2) is 6.81. The van der Waals surface area contributed by atoms with Crippen LogP contribution in [0.5, 0.6) is 0 Å². The molecule has 0 spiro atoms. The van der Waals surface area contributed by atoms with Crippen LogP contribution in [0.3, 0.4) is 0 Å². The van der Waals surface area contributed by atoms with E-state index in [1.807, 2.05) is 0 Å². The van der Waals surface area contributed by atoms with Crippen LogP contribution in [0.1, 0.15) is 10.5 Å². The first kappa shape index (κ1) is 14.9. The van der Waals surface area contributed by atoms with Gasteiger partial charge in [-0.3, -0.25) is 4.79 Å². The van der Waals surface area contributed by atoms with Crippen molar-refractivity contribution >= 4 is 29.1 Å². The highest BCUT2D eigenvalue weighted by molar-refractivity contribution is 6.31. The van der Waals surface area contributed by atoms with Crippen LogP contribution in [0.4, 0.5) is 16.0 Å². The summed E-state index contributed by atoms with van der Waals surface area (Å²) in [5, 5.41) is 5.39. The van der Waals surface area contributed by atoms with E-state index < -0.39 is 11.7 Å². The molecule has 108 valence electrons. The normalized spacial score (nSPS) is 10.0. The van der Waals surface area contributed by atoms with E-state index in [1.165, 1.54) is 30.5 Å². The molecular formula is C14H12ClFN4O. The number of amides is 1. The van der Waals surface area contributed by atoms with E-state index in [-0.39, 0.29) is 10.7 Å². The summed E-state index contributed by atoms with van der Waals surface area (Å²) in [7, 11) is 0. The molecule has 2 aromatic rings. The maximum absolute atomic E-state index is 13.0. The van der Waals surface area contributed by atoms with Crippen molar-refractivity contribution in [2.24, 2.45) is 0 Å². The first-order valence-corrected chi connectivity index (χ1v) is 6.42. The van der Waals surface area contributed by atoms with Gasteiger partial charge in [0.25, 0.3) is 5.91 Å². The number of anilines is 2. The van der Waals surface area contributed by atoms with Gasteiger partial charge >= 0.3 is 0 Å². The highest BCUT2D eigenvalue weighted by Gasteiger charge is 2.10.